The summed E-state index contributed by atoms with van der Waals surface area (Å²) >= 11 is 0. The lowest BCUT2D eigenvalue weighted by Gasteiger charge is -2.31. The topological polar surface area (TPSA) is 217 Å². The summed E-state index contributed by atoms with van der Waals surface area (Å²) in [6.07, 6.45) is 11.0. The Morgan fingerprint density at radius 2 is 1.58 bits per heavy atom. The number of carbonyl (C=O) groups excluding carboxylic acids is 4. The van der Waals surface area contributed by atoms with Gasteiger partial charge in [-0.1, -0.05) is 70.9 Å². The highest BCUT2D eigenvalue weighted by molar-refractivity contribution is 7.90. The minimum Gasteiger partial charge on any atom is -0.453 e. The first-order valence-corrected chi connectivity index (χ1v) is 24.8. The summed E-state index contributed by atoms with van der Waals surface area (Å²) < 4.78 is 41.2. The number of methoxy groups -OCH3 is 2. The number of nitrogens with zero attached hydrogens (tertiary/aromatic N) is 5. The number of aromatic nitrogens is 3. The number of fused-ring (bicyclic) bond motifs is 2. The minimum atomic E-state index is -4.10. The summed E-state index contributed by atoms with van der Waals surface area (Å²) in [4.78, 5) is 67.9. The second-order valence-electron chi connectivity index (χ2n) is 18.6. The average Bonchev–Trinajstić information content (AvgIpc) is 4.17. The molecule has 3 atom stereocenters. The molecular weight excluding hydrogens is 875 g/mol. The Labute approximate surface area is 392 Å². The zero-order valence-corrected chi connectivity index (χ0v) is 39.9. The standard InChI is InChI=1S/C49H61N9O8S/c1-7-21-57(46(60)42(29(3)4)55-48(62)66-6)28-41-50-27-38(52-41)30-13-15-31(16-14-30)43-34-25-49(19-9-10-20-49)24-33(34)35(26-51-43)32-17-18-40-37(23-32)53-44(56-67(40,63)64)39-12-11-22-58(39)45(59)36(8-2)54-47(61)65-5/h13-18,23,26-27,29,36,39,42H,7-12,19-22,24-25,28H2,1-6H3,(H,50,52)(H,53,56)(H,54,61)(H,55,62). The van der Waals surface area contributed by atoms with Crippen LogP contribution in [0.2, 0.25) is 0 Å². The summed E-state index contributed by atoms with van der Waals surface area (Å²) in [5.74, 6) is 0.140. The Morgan fingerprint density at radius 1 is 0.896 bits per heavy atom. The van der Waals surface area contributed by atoms with E-state index in [4.69, 9.17) is 14.5 Å². The van der Waals surface area contributed by atoms with Crippen LogP contribution in [0.25, 0.3) is 33.6 Å². The van der Waals surface area contributed by atoms with Crippen LogP contribution >= 0.6 is 0 Å². The largest absolute Gasteiger partial charge is 0.453 e. The van der Waals surface area contributed by atoms with Crippen molar-refractivity contribution in [3.05, 3.63) is 71.8 Å². The maximum Gasteiger partial charge on any atom is 0.407 e. The van der Waals surface area contributed by atoms with Crippen molar-refractivity contribution in [2.75, 3.05) is 32.6 Å². The summed E-state index contributed by atoms with van der Waals surface area (Å²) in [7, 11) is -1.58. The molecule has 0 radical (unpaired) electrons. The van der Waals surface area contributed by atoms with Crippen molar-refractivity contribution in [2.24, 2.45) is 15.7 Å². The highest BCUT2D eigenvalue weighted by atomic mass is 32.2. The molecule has 4 aromatic rings. The van der Waals surface area contributed by atoms with Crippen LogP contribution in [0.4, 0.5) is 15.3 Å². The number of aromatic amines is 1. The number of alkyl carbamates (subject to hydrolysis) is 2. The molecule has 4 heterocycles. The fourth-order valence-electron chi connectivity index (χ4n) is 10.3. The van der Waals surface area contributed by atoms with Crippen molar-refractivity contribution >= 4 is 45.5 Å². The summed E-state index contributed by atoms with van der Waals surface area (Å²) in [6.45, 7) is 8.70. The van der Waals surface area contributed by atoms with Crippen LogP contribution in [-0.4, -0.2) is 108 Å². The predicted octanol–water partition coefficient (Wildman–Crippen LogP) is 7.22. The molecule has 2 fully saturated rings. The number of amides is 4. The quantitative estimate of drug-likeness (QED) is 0.0990. The van der Waals surface area contributed by atoms with Gasteiger partial charge in [0.1, 0.15) is 28.6 Å². The summed E-state index contributed by atoms with van der Waals surface area (Å²) in [6, 6.07) is 11.4. The van der Waals surface area contributed by atoms with Crippen molar-refractivity contribution in [1.29, 1.82) is 0 Å². The number of ether oxygens (including phenoxy) is 2. The summed E-state index contributed by atoms with van der Waals surface area (Å²) in [5, 5.41) is 8.59. The van der Waals surface area contributed by atoms with Gasteiger partial charge in [-0.3, -0.25) is 14.6 Å². The van der Waals surface area contributed by atoms with E-state index in [0.717, 1.165) is 65.7 Å². The smallest absolute Gasteiger partial charge is 0.407 e. The number of sulfonamides is 1. The van der Waals surface area contributed by atoms with Gasteiger partial charge in [-0.25, -0.2) is 14.6 Å². The maximum atomic E-state index is 13.7. The number of H-pyrrole nitrogens is 1. The van der Waals surface area contributed by atoms with Gasteiger partial charge < -0.3 is 40.2 Å². The maximum absolute atomic E-state index is 13.7. The van der Waals surface area contributed by atoms with Gasteiger partial charge in [0.2, 0.25) is 11.8 Å². The molecule has 2 aromatic carbocycles. The minimum absolute atomic E-state index is 0.0621. The molecule has 18 heteroatoms. The van der Waals surface area contributed by atoms with Crippen LogP contribution in [0, 0.1) is 11.3 Å². The number of likely N-dealkylation sites (tertiary alicyclic amines) is 1. The number of amidine groups is 1. The molecule has 4 aliphatic rings. The summed E-state index contributed by atoms with van der Waals surface area (Å²) in [5.41, 5.74) is 8.43. The highest BCUT2D eigenvalue weighted by Crippen LogP contribution is 2.53. The second kappa shape index (κ2) is 19.5. The Balaban J connectivity index is 1.05. The Kier molecular flexibility index (Phi) is 13.7. The molecular formula is C49H61N9O8S. The Bertz CT molecular complexity index is 2680. The molecule has 356 valence electrons. The lowest BCUT2D eigenvalue weighted by molar-refractivity contribution is -0.135. The molecule has 2 aliphatic heterocycles. The van der Waals surface area contributed by atoms with Crippen LogP contribution in [0.15, 0.2) is 64.2 Å². The molecule has 0 bridgehead atoms. The lowest BCUT2D eigenvalue weighted by atomic mass is 9.82. The van der Waals surface area contributed by atoms with Gasteiger partial charge in [0, 0.05) is 30.4 Å². The number of nitrogens with one attached hydrogen (secondary N) is 4. The number of hydrogen-bond donors (Lipinski definition) is 4. The molecule has 1 spiro atoms. The third kappa shape index (κ3) is 9.63. The molecule has 3 unspecified atom stereocenters. The number of pyridine rings is 1. The molecule has 8 rings (SSSR count). The zero-order chi connectivity index (χ0) is 47.6. The van der Waals surface area contributed by atoms with E-state index in [1.165, 1.54) is 38.2 Å². The average molecular weight is 936 g/mol. The van der Waals surface area contributed by atoms with E-state index in [1.807, 2.05) is 51.2 Å². The van der Waals surface area contributed by atoms with Crippen LogP contribution in [-0.2, 0) is 48.5 Å². The van der Waals surface area contributed by atoms with Gasteiger partial charge in [0.25, 0.3) is 10.0 Å². The SMILES string of the molecule is CCCN(Cc1ncc(-c2ccc(-c3ncc(-c4ccc5c(c4)NC(C4CCCN4C(=O)C(CC)NC(=O)OC)=NS5(=O)=O)c4c3CC3(CCCC3)C4)cc2)[nH]1)C(=O)C(NC(=O)OC)C(C)C. The fourth-order valence-corrected chi connectivity index (χ4v) is 11.5. The first-order chi connectivity index (χ1) is 32.2. The van der Waals surface area contributed by atoms with E-state index >= 15 is 0 Å². The van der Waals surface area contributed by atoms with Gasteiger partial charge in [0.15, 0.2) is 0 Å². The highest BCUT2D eigenvalue weighted by Gasteiger charge is 2.43. The van der Waals surface area contributed by atoms with Crippen LogP contribution in [0.1, 0.15) is 96.0 Å². The van der Waals surface area contributed by atoms with Crippen molar-refractivity contribution in [2.45, 2.75) is 121 Å². The number of imidazole rings is 1. The molecule has 1 saturated carbocycles. The third-order valence-electron chi connectivity index (χ3n) is 13.8. The molecule has 2 aromatic heterocycles. The van der Waals surface area contributed by atoms with E-state index < -0.39 is 40.3 Å². The van der Waals surface area contributed by atoms with Crippen LogP contribution in [0.5, 0.6) is 0 Å². The van der Waals surface area contributed by atoms with E-state index in [2.05, 4.69) is 42.4 Å². The van der Waals surface area contributed by atoms with Gasteiger partial charge in [-0.05, 0) is 97.1 Å². The van der Waals surface area contributed by atoms with Crippen molar-refractivity contribution < 1.29 is 37.1 Å². The molecule has 4 N–H and O–H groups in total. The molecule has 4 amide bonds. The third-order valence-corrected chi connectivity index (χ3v) is 15.1. The van der Waals surface area contributed by atoms with Gasteiger partial charge in [-0.15, -0.1) is 4.40 Å². The van der Waals surface area contributed by atoms with Gasteiger partial charge in [0.05, 0.1) is 50.1 Å². The number of rotatable bonds is 14. The Hall–Kier alpha value is -6.30. The van der Waals surface area contributed by atoms with Crippen LogP contribution in [0.3, 0.4) is 0 Å². The van der Waals surface area contributed by atoms with E-state index in [0.29, 0.717) is 43.9 Å². The van der Waals surface area contributed by atoms with E-state index in [-0.39, 0.29) is 40.4 Å². The zero-order valence-electron chi connectivity index (χ0n) is 39.1. The molecule has 1 saturated heterocycles. The number of benzene rings is 2. The van der Waals surface area contributed by atoms with Crippen molar-refractivity contribution in [3.63, 3.8) is 0 Å². The van der Waals surface area contributed by atoms with Crippen molar-refractivity contribution in [3.8, 4) is 33.6 Å². The van der Waals surface area contributed by atoms with Gasteiger partial charge >= 0.3 is 12.2 Å². The molecule has 17 nitrogen and oxygen atoms in total. The number of carbonyl (C=O) groups is 4. The fraction of sp³-hybridized carbons (Fsp3) is 0.490. The van der Waals surface area contributed by atoms with E-state index in [1.54, 1.807) is 29.0 Å². The second-order valence-corrected chi connectivity index (χ2v) is 20.1. The normalized spacial score (nSPS) is 18.6. The number of hydrogen-bond acceptors (Lipinski definition) is 11. The first-order valence-electron chi connectivity index (χ1n) is 23.4. The Morgan fingerprint density at radius 3 is 2.27 bits per heavy atom. The lowest BCUT2D eigenvalue weighted by Crippen LogP contribution is -2.52. The first kappa shape index (κ1) is 47.2. The van der Waals surface area contributed by atoms with Crippen LogP contribution < -0.4 is 16.0 Å². The van der Waals surface area contributed by atoms with Crippen molar-refractivity contribution in [1.82, 2.24) is 35.4 Å². The predicted molar refractivity (Wildman–Crippen MR) is 253 cm³/mol. The monoisotopic (exact) mass is 935 g/mol. The van der Waals surface area contributed by atoms with Gasteiger partial charge in [-0.2, -0.15) is 8.42 Å². The molecule has 2 aliphatic carbocycles. The molecule has 67 heavy (non-hydrogen) atoms. The number of anilines is 1. The van der Waals surface area contributed by atoms with E-state index in [9.17, 15) is 27.6 Å².